The van der Waals surface area contributed by atoms with Crippen molar-refractivity contribution < 1.29 is 19.0 Å². The first-order chi connectivity index (χ1) is 12.5. The maximum atomic E-state index is 11.7. The maximum absolute atomic E-state index is 11.7. The summed E-state index contributed by atoms with van der Waals surface area (Å²) in [6.45, 7) is 2.06. The van der Waals surface area contributed by atoms with E-state index < -0.39 is 12.0 Å². The molecular weight excluding hydrogens is 332 g/mol. The van der Waals surface area contributed by atoms with Crippen molar-refractivity contribution in [2.45, 2.75) is 19.4 Å². The number of hydrogen-bond donors (Lipinski definition) is 1. The minimum Gasteiger partial charge on any atom is -0.496 e. The highest BCUT2D eigenvalue weighted by atomic mass is 16.5. The van der Waals surface area contributed by atoms with E-state index in [9.17, 15) is 4.79 Å². The fraction of sp³-hybridized carbons (Fsp3) is 0.300. The largest absolute Gasteiger partial charge is 0.496 e. The van der Waals surface area contributed by atoms with Crippen LogP contribution in [0.5, 0.6) is 11.5 Å². The van der Waals surface area contributed by atoms with Gasteiger partial charge in [-0.2, -0.15) is 5.26 Å². The second-order valence-corrected chi connectivity index (χ2v) is 5.63. The standard InChI is InChI=1S/C20H22N2O4/c1-4-26-20(23)16(22)9-13-5-7-15(8-6-13)19-17(24-2)10-14(12-21)11-18(19)25-3/h5-8,10-11,16H,4,9,22H2,1-3H3/t16-/m0/s1. The fourth-order valence-corrected chi connectivity index (χ4v) is 2.66. The molecule has 26 heavy (non-hydrogen) atoms. The van der Waals surface area contributed by atoms with Gasteiger partial charge in [-0.3, -0.25) is 4.79 Å². The number of esters is 1. The van der Waals surface area contributed by atoms with Crippen molar-refractivity contribution in [3.63, 3.8) is 0 Å². The minimum atomic E-state index is -0.695. The van der Waals surface area contributed by atoms with E-state index >= 15 is 0 Å². The Hall–Kier alpha value is -3.04. The molecule has 0 unspecified atom stereocenters. The van der Waals surface area contributed by atoms with Crippen LogP contribution in [0.3, 0.4) is 0 Å². The number of methoxy groups -OCH3 is 2. The normalized spacial score (nSPS) is 11.3. The van der Waals surface area contributed by atoms with Crippen LogP contribution in [-0.4, -0.2) is 32.8 Å². The molecule has 2 aromatic rings. The van der Waals surface area contributed by atoms with Crippen LogP contribution in [0, 0.1) is 11.3 Å². The minimum absolute atomic E-state index is 0.309. The number of carbonyl (C=O) groups is 1. The van der Waals surface area contributed by atoms with Gasteiger partial charge in [0.1, 0.15) is 17.5 Å². The zero-order valence-corrected chi connectivity index (χ0v) is 15.1. The van der Waals surface area contributed by atoms with E-state index in [1.54, 1.807) is 33.3 Å². The first-order valence-corrected chi connectivity index (χ1v) is 8.21. The number of carbonyl (C=O) groups excluding carboxylic acids is 1. The number of nitriles is 1. The smallest absolute Gasteiger partial charge is 0.323 e. The average molecular weight is 354 g/mol. The molecule has 136 valence electrons. The first-order valence-electron chi connectivity index (χ1n) is 8.21. The molecule has 2 aromatic carbocycles. The molecule has 0 aliphatic carbocycles. The zero-order chi connectivity index (χ0) is 19.1. The van der Waals surface area contributed by atoms with Crippen LogP contribution in [-0.2, 0) is 16.0 Å². The molecule has 0 saturated carbocycles. The Morgan fingerprint density at radius 3 is 2.19 bits per heavy atom. The van der Waals surface area contributed by atoms with Gasteiger partial charge in [0.05, 0.1) is 38.0 Å². The van der Waals surface area contributed by atoms with Crippen molar-refractivity contribution in [3.05, 3.63) is 47.5 Å². The number of nitrogens with two attached hydrogens (primary N) is 1. The maximum Gasteiger partial charge on any atom is 0.323 e. The van der Waals surface area contributed by atoms with E-state index in [0.717, 1.165) is 16.7 Å². The van der Waals surface area contributed by atoms with Gasteiger partial charge in [0.25, 0.3) is 0 Å². The summed E-state index contributed by atoms with van der Waals surface area (Å²) in [4.78, 5) is 11.7. The van der Waals surface area contributed by atoms with Crippen molar-refractivity contribution in [3.8, 4) is 28.7 Å². The van der Waals surface area contributed by atoms with Crippen LogP contribution in [0.1, 0.15) is 18.1 Å². The van der Waals surface area contributed by atoms with Crippen molar-refractivity contribution in [2.75, 3.05) is 20.8 Å². The molecule has 0 aliphatic rings. The van der Waals surface area contributed by atoms with E-state index in [1.807, 2.05) is 24.3 Å². The van der Waals surface area contributed by atoms with E-state index in [-0.39, 0.29) is 0 Å². The number of benzene rings is 2. The van der Waals surface area contributed by atoms with E-state index in [1.165, 1.54) is 0 Å². The SMILES string of the molecule is CCOC(=O)[C@@H](N)Cc1ccc(-c2c(OC)cc(C#N)cc2OC)cc1. The predicted molar refractivity (Wildman–Crippen MR) is 98.0 cm³/mol. The van der Waals surface area contributed by atoms with Gasteiger partial charge < -0.3 is 19.9 Å². The molecular formula is C20H22N2O4. The molecule has 0 aliphatic heterocycles. The molecule has 0 bridgehead atoms. The molecule has 2 rings (SSSR count). The first kappa shape index (κ1) is 19.3. The van der Waals surface area contributed by atoms with Crippen LogP contribution >= 0.6 is 0 Å². The lowest BCUT2D eigenvalue weighted by atomic mass is 9.98. The molecule has 1 atom stereocenters. The molecule has 2 N–H and O–H groups in total. The van der Waals surface area contributed by atoms with Gasteiger partial charge in [0.15, 0.2) is 0 Å². The monoisotopic (exact) mass is 354 g/mol. The molecule has 0 heterocycles. The third-order valence-corrected chi connectivity index (χ3v) is 3.92. The Bertz CT molecular complexity index is 785. The molecule has 0 amide bonds. The van der Waals surface area contributed by atoms with Gasteiger partial charge in [0, 0.05) is 0 Å². The summed E-state index contributed by atoms with van der Waals surface area (Å²) < 4.78 is 15.8. The lowest BCUT2D eigenvalue weighted by Gasteiger charge is -2.15. The van der Waals surface area contributed by atoms with Crippen molar-refractivity contribution in [2.24, 2.45) is 5.73 Å². The highest BCUT2D eigenvalue weighted by Gasteiger charge is 2.17. The number of rotatable bonds is 7. The van der Waals surface area contributed by atoms with Crippen molar-refractivity contribution in [1.29, 1.82) is 5.26 Å². The summed E-state index contributed by atoms with van der Waals surface area (Å²) in [7, 11) is 3.10. The molecule has 0 spiro atoms. The van der Waals surface area contributed by atoms with Gasteiger partial charge in [-0.1, -0.05) is 24.3 Å². The van der Waals surface area contributed by atoms with Gasteiger partial charge >= 0.3 is 5.97 Å². The quantitative estimate of drug-likeness (QED) is 0.768. The fourth-order valence-electron chi connectivity index (χ4n) is 2.66. The Labute approximate surface area is 153 Å². The summed E-state index contributed by atoms with van der Waals surface area (Å²) in [6.07, 6.45) is 0.390. The Balaban J connectivity index is 2.31. The van der Waals surface area contributed by atoms with Crippen LogP contribution in [0.4, 0.5) is 0 Å². The van der Waals surface area contributed by atoms with Crippen molar-refractivity contribution in [1.82, 2.24) is 0 Å². The summed E-state index contributed by atoms with van der Waals surface area (Å²) in [5, 5.41) is 9.13. The van der Waals surface area contributed by atoms with Crippen LogP contribution < -0.4 is 15.2 Å². The van der Waals surface area contributed by atoms with Gasteiger partial charge in [-0.25, -0.2) is 0 Å². The predicted octanol–water partition coefficient (Wildman–Crippen LogP) is 2.68. The highest BCUT2D eigenvalue weighted by molar-refractivity contribution is 5.79. The summed E-state index contributed by atoms with van der Waals surface area (Å²) in [5.41, 5.74) is 8.87. The third-order valence-electron chi connectivity index (χ3n) is 3.92. The number of nitrogens with zero attached hydrogens (tertiary/aromatic N) is 1. The van der Waals surface area contributed by atoms with Gasteiger partial charge in [-0.15, -0.1) is 0 Å². The molecule has 0 aromatic heterocycles. The molecule has 0 radical (unpaired) electrons. The summed E-state index contributed by atoms with van der Waals surface area (Å²) >= 11 is 0. The van der Waals surface area contributed by atoms with Crippen LogP contribution in [0.15, 0.2) is 36.4 Å². The van der Waals surface area contributed by atoms with Crippen LogP contribution in [0.25, 0.3) is 11.1 Å². The second kappa shape index (κ2) is 8.88. The van der Waals surface area contributed by atoms with Crippen LogP contribution in [0.2, 0.25) is 0 Å². The lowest BCUT2D eigenvalue weighted by Crippen LogP contribution is -2.34. The number of ether oxygens (including phenoxy) is 3. The second-order valence-electron chi connectivity index (χ2n) is 5.63. The molecule has 0 fully saturated rings. The Morgan fingerprint density at radius 1 is 1.15 bits per heavy atom. The van der Waals surface area contributed by atoms with Gasteiger partial charge in [0.2, 0.25) is 0 Å². The average Bonchev–Trinajstić information content (AvgIpc) is 2.67. The summed E-state index contributed by atoms with van der Waals surface area (Å²) in [5.74, 6) is 0.695. The topological polar surface area (TPSA) is 94.6 Å². The number of hydrogen-bond acceptors (Lipinski definition) is 6. The van der Waals surface area contributed by atoms with E-state index in [0.29, 0.717) is 30.1 Å². The zero-order valence-electron chi connectivity index (χ0n) is 15.1. The van der Waals surface area contributed by atoms with Gasteiger partial charge in [-0.05, 0) is 36.6 Å². The lowest BCUT2D eigenvalue weighted by molar-refractivity contribution is -0.144. The summed E-state index contributed by atoms with van der Waals surface area (Å²) in [6, 6.07) is 12.3. The molecule has 0 saturated heterocycles. The van der Waals surface area contributed by atoms with E-state index in [4.69, 9.17) is 25.2 Å². The van der Waals surface area contributed by atoms with E-state index in [2.05, 4.69) is 6.07 Å². The Morgan fingerprint density at radius 2 is 1.73 bits per heavy atom. The third kappa shape index (κ3) is 4.32. The Kier molecular flexibility index (Phi) is 6.59. The highest BCUT2D eigenvalue weighted by Crippen LogP contribution is 2.39. The molecule has 6 heteroatoms. The van der Waals surface area contributed by atoms with Crippen molar-refractivity contribution >= 4 is 5.97 Å². The molecule has 6 nitrogen and oxygen atoms in total.